The van der Waals surface area contributed by atoms with Crippen molar-refractivity contribution >= 4 is 34.8 Å². The van der Waals surface area contributed by atoms with Crippen molar-refractivity contribution in [3.05, 3.63) is 61.1 Å². The van der Waals surface area contributed by atoms with Crippen LogP contribution in [0.2, 0.25) is 0 Å². The van der Waals surface area contributed by atoms with E-state index < -0.39 is 6.04 Å². The molecule has 0 unspecified atom stereocenters. The molecule has 7 nitrogen and oxygen atoms in total. The maximum absolute atomic E-state index is 12.8. The van der Waals surface area contributed by atoms with E-state index >= 15 is 0 Å². The molecule has 0 bridgehead atoms. The molecule has 1 atom stereocenters. The molecule has 1 aromatic heterocycles. The first-order chi connectivity index (χ1) is 13.5. The van der Waals surface area contributed by atoms with Gasteiger partial charge in [0.05, 0.1) is 26.3 Å². The minimum absolute atomic E-state index is 0.0284. The number of anilines is 1. The smallest absolute Gasteiger partial charge is 0.252 e. The van der Waals surface area contributed by atoms with Crippen molar-refractivity contribution in [2.24, 2.45) is 0 Å². The molecule has 2 aromatic rings. The lowest BCUT2D eigenvalue weighted by molar-refractivity contribution is -0.130. The lowest BCUT2D eigenvalue weighted by Gasteiger charge is -2.22. The zero-order valence-electron chi connectivity index (χ0n) is 15.5. The second-order valence-electron chi connectivity index (χ2n) is 6.22. The average molecular weight is 399 g/mol. The highest BCUT2D eigenvalue weighted by Crippen LogP contribution is 2.24. The third-order valence-corrected chi connectivity index (χ3v) is 4.83. The molecule has 0 spiro atoms. The number of furan rings is 1. The van der Waals surface area contributed by atoms with Gasteiger partial charge in [-0.1, -0.05) is 6.08 Å². The summed E-state index contributed by atoms with van der Waals surface area (Å²) >= 11 is 5.46. The van der Waals surface area contributed by atoms with Crippen LogP contribution in [0.25, 0.3) is 0 Å². The molecule has 1 aliphatic heterocycles. The van der Waals surface area contributed by atoms with Crippen LogP contribution in [-0.2, 0) is 16.1 Å². The average Bonchev–Trinajstić information content (AvgIpc) is 3.28. The van der Waals surface area contributed by atoms with Crippen molar-refractivity contribution in [3.8, 4) is 5.75 Å². The fourth-order valence-electron chi connectivity index (χ4n) is 3.00. The highest BCUT2D eigenvalue weighted by atomic mass is 32.1. The maximum atomic E-state index is 12.8. The molecule has 2 amide bonds. The van der Waals surface area contributed by atoms with Gasteiger partial charge in [0.1, 0.15) is 17.6 Å². The standard InChI is InChI=1S/C20H21N3O4S/c1-3-10-22-19(25)17(23(20(22)28)13-16-5-4-11-27-16)12-18(24)21-14-6-8-15(26-2)9-7-14/h3-9,11,17H,1,10,12-13H2,2H3,(H,21,24)/t17-/m1/s1. The Kier molecular flexibility index (Phi) is 6.10. The monoisotopic (exact) mass is 399 g/mol. The first kappa shape index (κ1) is 19.6. The molecule has 28 heavy (non-hydrogen) atoms. The van der Waals surface area contributed by atoms with Crippen molar-refractivity contribution in [2.75, 3.05) is 19.0 Å². The van der Waals surface area contributed by atoms with Gasteiger partial charge < -0.3 is 19.4 Å². The van der Waals surface area contributed by atoms with Crippen LogP contribution >= 0.6 is 12.2 Å². The number of nitrogens with one attached hydrogen (secondary N) is 1. The van der Waals surface area contributed by atoms with Gasteiger partial charge in [-0.2, -0.15) is 0 Å². The van der Waals surface area contributed by atoms with Gasteiger partial charge in [-0.25, -0.2) is 0 Å². The van der Waals surface area contributed by atoms with E-state index in [1.54, 1.807) is 60.7 Å². The van der Waals surface area contributed by atoms with E-state index in [1.165, 1.54) is 4.90 Å². The van der Waals surface area contributed by atoms with Crippen molar-refractivity contribution in [1.29, 1.82) is 0 Å². The van der Waals surface area contributed by atoms with E-state index in [2.05, 4.69) is 11.9 Å². The largest absolute Gasteiger partial charge is 0.497 e. The molecule has 2 heterocycles. The minimum atomic E-state index is -0.698. The Hall–Kier alpha value is -3.13. The van der Waals surface area contributed by atoms with Crippen LogP contribution in [-0.4, -0.2) is 46.4 Å². The van der Waals surface area contributed by atoms with Crippen LogP contribution in [0, 0.1) is 0 Å². The van der Waals surface area contributed by atoms with Crippen LogP contribution in [0.5, 0.6) is 5.75 Å². The molecule has 146 valence electrons. The number of hydrogen-bond acceptors (Lipinski definition) is 5. The van der Waals surface area contributed by atoms with Gasteiger partial charge in [-0.15, -0.1) is 6.58 Å². The molecule has 1 fully saturated rings. The van der Waals surface area contributed by atoms with Crippen molar-refractivity contribution < 1.29 is 18.7 Å². The molecule has 0 aliphatic carbocycles. The Labute approximate surface area is 168 Å². The van der Waals surface area contributed by atoms with E-state index in [-0.39, 0.29) is 18.2 Å². The van der Waals surface area contributed by atoms with Crippen LogP contribution < -0.4 is 10.1 Å². The summed E-state index contributed by atoms with van der Waals surface area (Å²) < 4.78 is 10.5. The van der Waals surface area contributed by atoms with Crippen molar-refractivity contribution in [1.82, 2.24) is 9.80 Å². The predicted octanol–water partition coefficient (Wildman–Crippen LogP) is 2.80. The zero-order valence-corrected chi connectivity index (χ0v) is 16.3. The third-order valence-electron chi connectivity index (χ3n) is 4.37. The van der Waals surface area contributed by atoms with Crippen molar-refractivity contribution in [2.45, 2.75) is 19.0 Å². The van der Waals surface area contributed by atoms with Gasteiger partial charge in [-0.05, 0) is 48.6 Å². The Morgan fingerprint density at radius 2 is 2.11 bits per heavy atom. The highest BCUT2D eigenvalue weighted by Gasteiger charge is 2.43. The number of ether oxygens (including phenoxy) is 1. The molecular formula is C20H21N3O4S. The fraction of sp³-hybridized carbons (Fsp3) is 0.250. The summed E-state index contributed by atoms with van der Waals surface area (Å²) in [4.78, 5) is 28.6. The van der Waals surface area contributed by atoms with Gasteiger partial charge in [0.15, 0.2) is 5.11 Å². The summed E-state index contributed by atoms with van der Waals surface area (Å²) in [7, 11) is 1.57. The molecule has 8 heteroatoms. The molecule has 1 saturated heterocycles. The summed E-state index contributed by atoms with van der Waals surface area (Å²) in [5.74, 6) is 0.854. The number of methoxy groups -OCH3 is 1. The summed E-state index contributed by atoms with van der Waals surface area (Å²) in [6.45, 7) is 4.28. The SMILES string of the molecule is C=CCN1C(=O)[C@@H](CC(=O)Nc2ccc(OC)cc2)N(Cc2ccco2)C1=S. The molecule has 0 saturated carbocycles. The first-order valence-corrected chi connectivity index (χ1v) is 9.13. The normalized spacial score (nSPS) is 16.4. The molecule has 0 radical (unpaired) electrons. The number of hydrogen-bond donors (Lipinski definition) is 1. The van der Waals surface area contributed by atoms with E-state index in [0.717, 1.165) is 0 Å². The van der Waals surface area contributed by atoms with Gasteiger partial charge >= 0.3 is 0 Å². The number of carbonyl (C=O) groups is 2. The summed E-state index contributed by atoms with van der Waals surface area (Å²) in [5, 5.41) is 3.17. The minimum Gasteiger partial charge on any atom is -0.497 e. The summed E-state index contributed by atoms with van der Waals surface area (Å²) in [5.41, 5.74) is 0.624. The van der Waals surface area contributed by atoms with E-state index in [1.807, 2.05) is 0 Å². The number of benzene rings is 1. The second-order valence-corrected chi connectivity index (χ2v) is 6.59. The van der Waals surface area contributed by atoms with Gasteiger partial charge in [-0.3, -0.25) is 14.5 Å². The number of rotatable bonds is 8. The Balaban J connectivity index is 1.73. The topological polar surface area (TPSA) is 75.0 Å². The van der Waals surface area contributed by atoms with Crippen LogP contribution in [0.3, 0.4) is 0 Å². The molecule has 1 N–H and O–H groups in total. The Bertz CT molecular complexity index is 864. The zero-order chi connectivity index (χ0) is 20.1. The van der Waals surface area contributed by atoms with Crippen LogP contribution in [0.15, 0.2) is 59.7 Å². The van der Waals surface area contributed by atoms with Crippen LogP contribution in [0.1, 0.15) is 12.2 Å². The lowest BCUT2D eigenvalue weighted by atomic mass is 10.1. The molecular weight excluding hydrogens is 378 g/mol. The van der Waals surface area contributed by atoms with E-state index in [9.17, 15) is 9.59 Å². The summed E-state index contributed by atoms with van der Waals surface area (Å²) in [6, 6.07) is 9.85. The third kappa shape index (κ3) is 4.23. The Morgan fingerprint density at radius 1 is 1.36 bits per heavy atom. The van der Waals surface area contributed by atoms with Crippen LogP contribution in [0.4, 0.5) is 5.69 Å². The van der Waals surface area contributed by atoms with E-state index in [4.69, 9.17) is 21.4 Å². The molecule has 1 aliphatic rings. The number of carbonyl (C=O) groups excluding carboxylic acids is 2. The predicted molar refractivity (Wildman–Crippen MR) is 109 cm³/mol. The number of thiocarbonyl (C=S) groups is 1. The molecule has 1 aromatic carbocycles. The number of nitrogens with zero attached hydrogens (tertiary/aromatic N) is 2. The first-order valence-electron chi connectivity index (χ1n) is 8.72. The molecule has 3 rings (SSSR count). The highest BCUT2D eigenvalue weighted by molar-refractivity contribution is 7.80. The fourth-order valence-corrected chi connectivity index (χ4v) is 3.36. The maximum Gasteiger partial charge on any atom is 0.252 e. The van der Waals surface area contributed by atoms with Crippen molar-refractivity contribution in [3.63, 3.8) is 0 Å². The van der Waals surface area contributed by atoms with E-state index in [0.29, 0.717) is 35.4 Å². The lowest BCUT2D eigenvalue weighted by Crippen LogP contribution is -2.37. The second kappa shape index (κ2) is 8.71. The van der Waals surface area contributed by atoms with Gasteiger partial charge in [0, 0.05) is 12.2 Å². The van der Waals surface area contributed by atoms with Gasteiger partial charge in [0.2, 0.25) is 5.91 Å². The van der Waals surface area contributed by atoms with Gasteiger partial charge in [0.25, 0.3) is 5.91 Å². The number of amides is 2. The quantitative estimate of drug-likeness (QED) is 0.544. The summed E-state index contributed by atoms with van der Waals surface area (Å²) in [6.07, 6.45) is 3.14. The Morgan fingerprint density at radius 3 is 2.71 bits per heavy atom.